The lowest BCUT2D eigenvalue weighted by molar-refractivity contribution is -0.384. The number of nitro groups is 1. The number of fused-ring (bicyclic) bond motifs is 5. The average Bonchev–Trinajstić information content (AvgIpc) is 2.77. The van der Waals surface area contributed by atoms with Gasteiger partial charge < -0.3 is 11.1 Å². The molecule has 3 N–H and O–H groups in total. The largest absolute Gasteiger partial charge is 0.398 e. The Morgan fingerprint density at radius 3 is 2.53 bits per heavy atom. The van der Waals surface area contributed by atoms with Gasteiger partial charge in [-0.25, -0.2) is 0 Å². The van der Waals surface area contributed by atoms with E-state index in [0.717, 1.165) is 29.4 Å². The molecule has 5 heteroatoms. The van der Waals surface area contributed by atoms with Gasteiger partial charge in [0, 0.05) is 29.5 Å². The summed E-state index contributed by atoms with van der Waals surface area (Å²) in [6, 6.07) is 5.31. The minimum atomic E-state index is -0.390. The third kappa shape index (κ3) is 1.60. The van der Waals surface area contributed by atoms with E-state index in [4.69, 9.17) is 5.73 Å². The Kier molecular flexibility index (Phi) is 2.11. The molecule has 4 atom stereocenters. The molecule has 1 aromatic rings. The summed E-state index contributed by atoms with van der Waals surface area (Å²) in [6.45, 7) is 0. The first-order valence-electron chi connectivity index (χ1n) is 6.95. The molecule has 3 aliphatic rings. The van der Waals surface area contributed by atoms with E-state index in [9.17, 15) is 10.1 Å². The third-order valence-corrected chi connectivity index (χ3v) is 5.22. The van der Waals surface area contributed by atoms with Crippen LogP contribution in [-0.2, 0) is 0 Å². The van der Waals surface area contributed by atoms with Gasteiger partial charge in [0.05, 0.1) is 4.92 Å². The maximum atomic E-state index is 10.8. The highest BCUT2D eigenvalue weighted by Gasteiger charge is 2.64. The molecule has 0 aromatic heterocycles. The first-order chi connectivity index (χ1) is 9.13. The molecule has 1 aromatic carbocycles. The van der Waals surface area contributed by atoms with Crippen LogP contribution in [0.2, 0.25) is 0 Å². The molecule has 0 saturated heterocycles. The first-order valence-corrected chi connectivity index (χ1v) is 6.95. The highest BCUT2D eigenvalue weighted by molar-refractivity contribution is 5.62. The van der Waals surface area contributed by atoms with E-state index in [-0.39, 0.29) is 10.6 Å². The molecule has 0 aliphatic heterocycles. The summed E-state index contributed by atoms with van der Waals surface area (Å²) in [7, 11) is 0. The van der Waals surface area contributed by atoms with Gasteiger partial charge in [0.15, 0.2) is 0 Å². The van der Waals surface area contributed by atoms with Crippen molar-refractivity contribution in [3.05, 3.63) is 28.3 Å². The molecule has 3 fully saturated rings. The van der Waals surface area contributed by atoms with Crippen molar-refractivity contribution in [3.63, 3.8) is 0 Å². The fraction of sp³-hybridized carbons (Fsp3) is 0.571. The van der Waals surface area contributed by atoms with Crippen molar-refractivity contribution in [1.82, 2.24) is 0 Å². The number of nitrogens with one attached hydrogen (secondary N) is 1. The number of rotatable bonds is 3. The smallest absolute Gasteiger partial charge is 0.273 e. The number of nitrogen functional groups attached to an aromatic ring is 1. The molecule has 4 rings (SSSR count). The molecule has 0 radical (unpaired) electrons. The molecule has 0 spiro atoms. The summed E-state index contributed by atoms with van der Waals surface area (Å²) in [4.78, 5) is 10.4. The van der Waals surface area contributed by atoms with Crippen LogP contribution < -0.4 is 11.1 Å². The molecule has 100 valence electrons. The summed E-state index contributed by atoms with van der Waals surface area (Å²) in [5.74, 6) is 3.39. The molecule has 3 saturated carbocycles. The van der Waals surface area contributed by atoms with Gasteiger partial charge in [0.2, 0.25) is 0 Å². The third-order valence-electron chi connectivity index (χ3n) is 5.22. The zero-order valence-electron chi connectivity index (χ0n) is 10.6. The number of hydrogen-bond acceptors (Lipinski definition) is 4. The monoisotopic (exact) mass is 259 g/mol. The topological polar surface area (TPSA) is 81.2 Å². The number of nitrogens with zero attached hydrogens (tertiary/aromatic N) is 1. The Morgan fingerprint density at radius 2 is 1.89 bits per heavy atom. The Labute approximate surface area is 111 Å². The Hall–Kier alpha value is -1.78. The van der Waals surface area contributed by atoms with Gasteiger partial charge in [-0.15, -0.1) is 0 Å². The zero-order valence-corrected chi connectivity index (χ0v) is 10.6. The lowest BCUT2D eigenvalue weighted by Gasteiger charge is -2.12. The summed E-state index contributed by atoms with van der Waals surface area (Å²) >= 11 is 0. The van der Waals surface area contributed by atoms with Gasteiger partial charge in [0.1, 0.15) is 0 Å². The van der Waals surface area contributed by atoms with E-state index >= 15 is 0 Å². The van der Waals surface area contributed by atoms with Crippen LogP contribution in [0.25, 0.3) is 0 Å². The molecule has 5 nitrogen and oxygen atoms in total. The van der Waals surface area contributed by atoms with Gasteiger partial charge >= 0.3 is 0 Å². The molecule has 19 heavy (non-hydrogen) atoms. The van der Waals surface area contributed by atoms with Crippen LogP contribution in [0, 0.1) is 33.8 Å². The Morgan fingerprint density at radius 1 is 1.21 bits per heavy atom. The van der Waals surface area contributed by atoms with Crippen molar-refractivity contribution in [2.75, 3.05) is 11.1 Å². The second-order valence-corrected chi connectivity index (χ2v) is 6.23. The quantitative estimate of drug-likeness (QED) is 0.496. The average molecular weight is 259 g/mol. The maximum Gasteiger partial charge on any atom is 0.273 e. The van der Waals surface area contributed by atoms with E-state index in [1.807, 2.05) is 0 Å². The number of hydrogen-bond donors (Lipinski definition) is 2. The van der Waals surface area contributed by atoms with Crippen molar-refractivity contribution in [2.24, 2.45) is 23.7 Å². The molecule has 4 unspecified atom stereocenters. The first kappa shape index (κ1) is 11.1. The predicted molar refractivity (Wildman–Crippen MR) is 72.7 cm³/mol. The van der Waals surface area contributed by atoms with E-state index in [2.05, 4.69) is 5.32 Å². The molecular weight excluding hydrogens is 242 g/mol. The second-order valence-electron chi connectivity index (χ2n) is 6.23. The van der Waals surface area contributed by atoms with Gasteiger partial charge in [-0.2, -0.15) is 0 Å². The van der Waals surface area contributed by atoms with Crippen molar-refractivity contribution in [2.45, 2.75) is 25.3 Å². The number of non-ortho nitro benzene ring substituents is 1. The summed E-state index contributed by atoms with van der Waals surface area (Å²) in [5, 5.41) is 14.3. The van der Waals surface area contributed by atoms with Crippen LogP contribution in [-0.4, -0.2) is 11.0 Å². The van der Waals surface area contributed by atoms with Gasteiger partial charge in [-0.05, 0) is 49.0 Å². The van der Waals surface area contributed by atoms with E-state index < -0.39 is 0 Å². The summed E-state index contributed by atoms with van der Waals surface area (Å²) < 4.78 is 0. The van der Waals surface area contributed by atoms with Crippen LogP contribution in [0.3, 0.4) is 0 Å². The minimum absolute atomic E-state index is 0.0660. The predicted octanol–water partition coefficient (Wildman–Crippen LogP) is 2.63. The molecule has 3 aliphatic carbocycles. The molecular formula is C14H17N3O2. The van der Waals surface area contributed by atoms with Crippen molar-refractivity contribution in [3.8, 4) is 0 Å². The number of benzene rings is 1. The van der Waals surface area contributed by atoms with Gasteiger partial charge in [-0.1, -0.05) is 0 Å². The SMILES string of the molecule is Nc1cc(NC2C3C4CCC(C4)C23)cc([N+](=O)[O-])c1. The highest BCUT2D eigenvalue weighted by atomic mass is 16.6. The van der Waals surface area contributed by atoms with Gasteiger partial charge in [0.25, 0.3) is 5.69 Å². The second kappa shape index (κ2) is 3.62. The van der Waals surface area contributed by atoms with E-state index in [1.165, 1.54) is 25.3 Å². The molecule has 0 amide bonds. The lowest BCUT2D eigenvalue weighted by atomic mass is 10.0. The zero-order chi connectivity index (χ0) is 13.1. The molecule has 0 heterocycles. The molecule has 2 bridgehead atoms. The van der Waals surface area contributed by atoms with Crippen molar-refractivity contribution in [1.29, 1.82) is 0 Å². The van der Waals surface area contributed by atoms with E-state index in [0.29, 0.717) is 11.7 Å². The van der Waals surface area contributed by atoms with Crippen LogP contribution in [0.1, 0.15) is 19.3 Å². The van der Waals surface area contributed by atoms with Gasteiger partial charge in [-0.3, -0.25) is 10.1 Å². The lowest BCUT2D eigenvalue weighted by Crippen LogP contribution is -2.13. The number of anilines is 2. The summed E-state index contributed by atoms with van der Waals surface area (Å²) in [5.41, 5.74) is 7.04. The van der Waals surface area contributed by atoms with Crippen LogP contribution in [0.4, 0.5) is 17.1 Å². The standard InChI is InChI=1S/C14H17N3O2/c15-9-4-10(6-11(5-9)17(18)19)16-14-12-7-1-2-8(3-7)13(12)14/h4-8,12-14,16H,1-3,15H2. The fourth-order valence-corrected chi connectivity index (χ4v) is 4.53. The fourth-order valence-electron chi connectivity index (χ4n) is 4.53. The Bertz CT molecular complexity index is 544. The Balaban J connectivity index is 1.54. The number of nitrogens with two attached hydrogens (primary N) is 1. The minimum Gasteiger partial charge on any atom is -0.398 e. The van der Waals surface area contributed by atoms with Crippen LogP contribution in [0.5, 0.6) is 0 Å². The maximum absolute atomic E-state index is 10.8. The summed E-state index contributed by atoms with van der Waals surface area (Å²) in [6.07, 6.45) is 4.16. The van der Waals surface area contributed by atoms with E-state index in [1.54, 1.807) is 12.1 Å². The highest BCUT2D eigenvalue weighted by Crippen LogP contribution is 2.66. The van der Waals surface area contributed by atoms with Crippen LogP contribution >= 0.6 is 0 Å². The van der Waals surface area contributed by atoms with Crippen LogP contribution in [0.15, 0.2) is 18.2 Å². The van der Waals surface area contributed by atoms with Crippen molar-refractivity contribution < 1.29 is 4.92 Å². The normalized spacial score (nSPS) is 38.0. The van der Waals surface area contributed by atoms with Crippen molar-refractivity contribution >= 4 is 17.1 Å². The number of nitro benzene ring substituents is 1.